The number of amides is 3. The summed E-state index contributed by atoms with van der Waals surface area (Å²) in [6, 6.07) is -0.983. The van der Waals surface area contributed by atoms with Crippen LogP contribution < -0.4 is 5.32 Å². The van der Waals surface area contributed by atoms with E-state index in [0.717, 1.165) is 32.4 Å². The maximum absolute atomic E-state index is 12.6. The SMILES string of the molecule is CC(C)(C)OCCC(NC(=O)C1CCCN(C(=O)N2CCCC2)C1)C(=O)O. The molecule has 2 aliphatic rings. The number of carboxylic acids is 1. The van der Waals surface area contributed by atoms with Gasteiger partial charge >= 0.3 is 12.0 Å². The predicted molar refractivity (Wildman–Crippen MR) is 100 cm³/mol. The molecule has 0 aromatic rings. The van der Waals surface area contributed by atoms with E-state index in [1.54, 1.807) is 4.90 Å². The lowest BCUT2D eigenvalue weighted by Gasteiger charge is -2.35. The Hall–Kier alpha value is -1.83. The lowest BCUT2D eigenvalue weighted by Crippen LogP contribution is -2.52. The first-order valence-electron chi connectivity index (χ1n) is 9.88. The molecule has 0 saturated carbocycles. The van der Waals surface area contributed by atoms with E-state index in [4.69, 9.17) is 4.74 Å². The summed E-state index contributed by atoms with van der Waals surface area (Å²) in [7, 11) is 0. The zero-order valence-electron chi connectivity index (χ0n) is 16.7. The zero-order valence-corrected chi connectivity index (χ0v) is 16.7. The Morgan fingerprint density at radius 3 is 2.33 bits per heavy atom. The number of piperidine rings is 1. The van der Waals surface area contributed by atoms with Crippen molar-refractivity contribution in [3.63, 3.8) is 0 Å². The van der Waals surface area contributed by atoms with Gasteiger partial charge in [-0.2, -0.15) is 0 Å². The number of ether oxygens (including phenoxy) is 1. The van der Waals surface area contributed by atoms with Crippen LogP contribution in [0.1, 0.15) is 52.9 Å². The summed E-state index contributed by atoms with van der Waals surface area (Å²) in [5, 5.41) is 12.0. The van der Waals surface area contributed by atoms with Gasteiger partial charge in [-0.15, -0.1) is 0 Å². The molecule has 2 saturated heterocycles. The van der Waals surface area contributed by atoms with Crippen LogP contribution in [0.2, 0.25) is 0 Å². The molecule has 2 N–H and O–H groups in total. The van der Waals surface area contributed by atoms with E-state index in [9.17, 15) is 19.5 Å². The standard InChI is InChI=1S/C19H33N3O5/c1-19(2,3)27-12-8-15(17(24)25)20-16(23)14-7-6-11-22(13-14)18(26)21-9-4-5-10-21/h14-15H,4-13H2,1-3H3,(H,20,23)(H,24,25). The minimum atomic E-state index is -1.07. The van der Waals surface area contributed by atoms with Crippen LogP contribution >= 0.6 is 0 Å². The number of aliphatic carboxylic acids is 1. The third-order valence-corrected chi connectivity index (χ3v) is 5.00. The van der Waals surface area contributed by atoms with Crippen molar-refractivity contribution in [3.8, 4) is 0 Å². The number of hydrogen-bond donors (Lipinski definition) is 2. The van der Waals surface area contributed by atoms with Gasteiger partial charge in [-0.05, 0) is 46.5 Å². The van der Waals surface area contributed by atoms with E-state index in [1.807, 2.05) is 25.7 Å². The van der Waals surface area contributed by atoms with Crippen molar-refractivity contribution in [3.05, 3.63) is 0 Å². The van der Waals surface area contributed by atoms with Gasteiger partial charge in [-0.3, -0.25) is 4.79 Å². The molecule has 2 fully saturated rings. The van der Waals surface area contributed by atoms with Crippen molar-refractivity contribution >= 4 is 17.9 Å². The van der Waals surface area contributed by atoms with E-state index >= 15 is 0 Å². The normalized spacial score (nSPS) is 21.8. The third kappa shape index (κ3) is 6.68. The van der Waals surface area contributed by atoms with E-state index in [1.165, 1.54) is 0 Å². The van der Waals surface area contributed by atoms with Gasteiger partial charge in [-0.1, -0.05) is 0 Å². The second-order valence-corrected chi connectivity index (χ2v) is 8.41. The molecule has 3 amide bonds. The van der Waals surface area contributed by atoms with Crippen LogP contribution in [-0.2, 0) is 14.3 Å². The molecule has 27 heavy (non-hydrogen) atoms. The Bertz CT molecular complexity index is 540. The summed E-state index contributed by atoms with van der Waals surface area (Å²) in [6.07, 6.45) is 3.69. The van der Waals surface area contributed by atoms with Crippen molar-refractivity contribution in [1.82, 2.24) is 15.1 Å². The second kappa shape index (κ2) is 9.39. The first-order chi connectivity index (χ1) is 12.7. The molecule has 154 valence electrons. The Labute approximate surface area is 161 Å². The van der Waals surface area contributed by atoms with E-state index < -0.39 is 12.0 Å². The van der Waals surface area contributed by atoms with Crippen LogP contribution in [0.15, 0.2) is 0 Å². The fourth-order valence-electron chi connectivity index (χ4n) is 3.50. The lowest BCUT2D eigenvalue weighted by molar-refractivity contribution is -0.143. The predicted octanol–water partition coefficient (Wildman–Crippen LogP) is 1.69. The fourth-order valence-corrected chi connectivity index (χ4v) is 3.50. The summed E-state index contributed by atoms with van der Waals surface area (Å²) in [6.45, 7) is 8.51. The largest absolute Gasteiger partial charge is 0.480 e. The van der Waals surface area contributed by atoms with Crippen molar-refractivity contribution in [2.75, 3.05) is 32.8 Å². The summed E-state index contributed by atoms with van der Waals surface area (Å²) in [5.41, 5.74) is -0.354. The number of nitrogens with zero attached hydrogens (tertiary/aromatic N) is 2. The van der Waals surface area contributed by atoms with Gasteiger partial charge in [0.1, 0.15) is 6.04 Å². The Kier molecular flexibility index (Phi) is 7.47. The number of carboxylic acid groups (broad SMARTS) is 1. The van der Waals surface area contributed by atoms with Crippen LogP contribution in [0, 0.1) is 5.92 Å². The van der Waals surface area contributed by atoms with E-state index in [2.05, 4.69) is 5.32 Å². The van der Waals surface area contributed by atoms with Gasteiger partial charge in [0.2, 0.25) is 5.91 Å². The highest BCUT2D eigenvalue weighted by Crippen LogP contribution is 2.20. The monoisotopic (exact) mass is 383 g/mol. The fraction of sp³-hybridized carbons (Fsp3) is 0.842. The van der Waals surface area contributed by atoms with Crippen molar-refractivity contribution in [1.29, 1.82) is 0 Å². The lowest BCUT2D eigenvalue weighted by atomic mass is 9.96. The minimum Gasteiger partial charge on any atom is -0.480 e. The number of carbonyl (C=O) groups excluding carboxylic acids is 2. The first kappa shape index (κ1) is 21.5. The van der Waals surface area contributed by atoms with Crippen LogP contribution in [0.3, 0.4) is 0 Å². The van der Waals surface area contributed by atoms with Crippen molar-refractivity contribution in [2.24, 2.45) is 5.92 Å². The highest BCUT2D eigenvalue weighted by molar-refractivity contribution is 5.85. The van der Waals surface area contributed by atoms with Crippen LogP contribution in [0.4, 0.5) is 4.79 Å². The number of hydrogen-bond acceptors (Lipinski definition) is 4. The molecular weight excluding hydrogens is 350 g/mol. The van der Waals surface area contributed by atoms with Gasteiger partial charge in [0.15, 0.2) is 0 Å². The molecule has 2 unspecified atom stereocenters. The molecule has 2 heterocycles. The second-order valence-electron chi connectivity index (χ2n) is 8.41. The van der Waals surface area contributed by atoms with Gasteiger partial charge < -0.3 is 25.0 Å². The number of nitrogens with one attached hydrogen (secondary N) is 1. The van der Waals surface area contributed by atoms with E-state index in [-0.39, 0.29) is 36.5 Å². The Morgan fingerprint density at radius 2 is 1.74 bits per heavy atom. The number of carbonyl (C=O) groups is 3. The topological polar surface area (TPSA) is 99.2 Å². The molecule has 0 bridgehead atoms. The Balaban J connectivity index is 1.86. The van der Waals surface area contributed by atoms with Gasteiger partial charge in [0.25, 0.3) is 0 Å². The molecule has 2 atom stereocenters. The maximum atomic E-state index is 12.6. The molecule has 2 aliphatic heterocycles. The first-order valence-corrected chi connectivity index (χ1v) is 9.88. The molecule has 0 aromatic heterocycles. The highest BCUT2D eigenvalue weighted by atomic mass is 16.5. The van der Waals surface area contributed by atoms with Gasteiger partial charge in [-0.25, -0.2) is 9.59 Å². The molecule has 8 nitrogen and oxygen atoms in total. The molecule has 8 heteroatoms. The zero-order chi connectivity index (χ0) is 20.0. The smallest absolute Gasteiger partial charge is 0.326 e. The van der Waals surface area contributed by atoms with Crippen LogP contribution in [0.5, 0.6) is 0 Å². The number of urea groups is 1. The third-order valence-electron chi connectivity index (χ3n) is 5.00. The summed E-state index contributed by atoms with van der Waals surface area (Å²) < 4.78 is 5.57. The molecule has 2 rings (SSSR count). The molecular formula is C19H33N3O5. The minimum absolute atomic E-state index is 0.00152. The highest BCUT2D eigenvalue weighted by Gasteiger charge is 2.33. The van der Waals surface area contributed by atoms with Crippen molar-refractivity contribution < 1.29 is 24.2 Å². The summed E-state index contributed by atoms with van der Waals surface area (Å²) >= 11 is 0. The van der Waals surface area contributed by atoms with Crippen LogP contribution in [0.25, 0.3) is 0 Å². The summed E-state index contributed by atoms with van der Waals surface area (Å²) in [4.78, 5) is 40.2. The molecule has 0 aromatic carbocycles. The van der Waals surface area contributed by atoms with E-state index in [0.29, 0.717) is 19.5 Å². The van der Waals surface area contributed by atoms with Crippen molar-refractivity contribution in [2.45, 2.75) is 64.5 Å². The average Bonchev–Trinajstić information content (AvgIpc) is 3.13. The van der Waals surface area contributed by atoms with Gasteiger partial charge in [0, 0.05) is 39.2 Å². The molecule has 0 radical (unpaired) electrons. The maximum Gasteiger partial charge on any atom is 0.326 e. The Morgan fingerprint density at radius 1 is 1.11 bits per heavy atom. The molecule has 0 spiro atoms. The van der Waals surface area contributed by atoms with Gasteiger partial charge in [0.05, 0.1) is 11.5 Å². The number of rotatable bonds is 6. The van der Waals surface area contributed by atoms with Crippen LogP contribution in [-0.4, -0.2) is 77.2 Å². The average molecular weight is 383 g/mol. The quantitative estimate of drug-likeness (QED) is 0.727. The molecule has 0 aliphatic carbocycles. The number of likely N-dealkylation sites (tertiary alicyclic amines) is 2. The summed E-state index contributed by atoms with van der Waals surface area (Å²) in [5.74, 6) is -1.73.